The molecule has 2 heterocycles. The van der Waals surface area contributed by atoms with Crippen LogP contribution in [0.1, 0.15) is 24.6 Å². The lowest BCUT2D eigenvalue weighted by atomic mass is 10.2. The van der Waals surface area contributed by atoms with Crippen molar-refractivity contribution in [1.82, 2.24) is 14.7 Å². The largest absolute Gasteiger partial charge is 0.353 e. The maximum atomic E-state index is 6.10. The molecule has 1 saturated heterocycles. The van der Waals surface area contributed by atoms with E-state index in [2.05, 4.69) is 28.9 Å². The van der Waals surface area contributed by atoms with Gasteiger partial charge in [-0.3, -0.25) is 4.68 Å². The smallest absolute Gasteiger partial charge is 0.131 e. The van der Waals surface area contributed by atoms with E-state index < -0.39 is 0 Å². The minimum absolute atomic E-state index is 0.495. The molecule has 102 valence electrons. The standard InChI is InChI=1S/C13H23ClN4/c1-10-9-16(3)6-5-7-18(10)13-12(8-14)11(2)15-17(13)4/h10H,5-9H2,1-4H3. The highest BCUT2D eigenvalue weighted by molar-refractivity contribution is 6.17. The van der Waals surface area contributed by atoms with E-state index in [9.17, 15) is 0 Å². The van der Waals surface area contributed by atoms with Crippen LogP contribution in [0.25, 0.3) is 0 Å². The number of alkyl halides is 1. The molecule has 0 saturated carbocycles. The summed E-state index contributed by atoms with van der Waals surface area (Å²) >= 11 is 6.10. The number of hydrogen-bond acceptors (Lipinski definition) is 3. The Morgan fingerprint density at radius 2 is 2.06 bits per heavy atom. The highest BCUT2D eigenvalue weighted by atomic mass is 35.5. The van der Waals surface area contributed by atoms with Crippen LogP contribution in [0, 0.1) is 6.92 Å². The van der Waals surface area contributed by atoms with Gasteiger partial charge in [-0.15, -0.1) is 11.6 Å². The molecule has 1 aromatic heterocycles. The number of halogens is 1. The lowest BCUT2D eigenvalue weighted by molar-refractivity contribution is 0.336. The van der Waals surface area contributed by atoms with Gasteiger partial charge in [0.2, 0.25) is 0 Å². The van der Waals surface area contributed by atoms with Crippen LogP contribution in [0.2, 0.25) is 0 Å². The molecule has 1 unspecified atom stereocenters. The van der Waals surface area contributed by atoms with Crippen LogP contribution < -0.4 is 4.90 Å². The van der Waals surface area contributed by atoms with Crippen molar-refractivity contribution in [3.8, 4) is 0 Å². The van der Waals surface area contributed by atoms with Gasteiger partial charge in [-0.05, 0) is 33.9 Å². The Labute approximate surface area is 115 Å². The Hall–Kier alpha value is -0.740. The lowest BCUT2D eigenvalue weighted by Gasteiger charge is -2.30. The summed E-state index contributed by atoms with van der Waals surface area (Å²) in [6, 6.07) is 0.495. The Kier molecular flexibility index (Phi) is 4.17. The zero-order valence-corrected chi connectivity index (χ0v) is 12.5. The number of aryl methyl sites for hydroxylation is 2. The van der Waals surface area contributed by atoms with Crippen LogP contribution in [0.5, 0.6) is 0 Å². The summed E-state index contributed by atoms with van der Waals surface area (Å²) < 4.78 is 1.98. The fraction of sp³-hybridized carbons (Fsp3) is 0.769. The molecule has 4 nitrogen and oxygen atoms in total. The van der Waals surface area contributed by atoms with Crippen molar-refractivity contribution in [3.63, 3.8) is 0 Å². The zero-order chi connectivity index (χ0) is 13.3. The quantitative estimate of drug-likeness (QED) is 0.769. The number of likely N-dealkylation sites (N-methyl/N-ethyl adjacent to an activating group) is 1. The summed E-state index contributed by atoms with van der Waals surface area (Å²) in [5.41, 5.74) is 2.22. The van der Waals surface area contributed by atoms with Crippen LogP contribution >= 0.6 is 11.6 Å². The van der Waals surface area contributed by atoms with E-state index in [0.29, 0.717) is 11.9 Å². The molecule has 5 heteroatoms. The van der Waals surface area contributed by atoms with E-state index in [0.717, 1.165) is 25.3 Å². The van der Waals surface area contributed by atoms with Gasteiger partial charge in [0.15, 0.2) is 0 Å². The maximum absolute atomic E-state index is 6.10. The SMILES string of the molecule is Cc1nn(C)c(N2CCCN(C)CC2C)c1CCl. The number of nitrogens with zero attached hydrogens (tertiary/aromatic N) is 4. The Morgan fingerprint density at radius 1 is 1.33 bits per heavy atom. The second-order valence-corrected chi connectivity index (χ2v) is 5.57. The molecule has 0 aliphatic carbocycles. The monoisotopic (exact) mass is 270 g/mol. The number of rotatable bonds is 2. The summed E-state index contributed by atoms with van der Waals surface area (Å²) in [6.45, 7) is 7.65. The molecule has 1 fully saturated rings. The van der Waals surface area contributed by atoms with Gasteiger partial charge in [0.05, 0.1) is 11.6 Å². The number of hydrogen-bond donors (Lipinski definition) is 0. The van der Waals surface area contributed by atoms with Crippen LogP contribution in [0.4, 0.5) is 5.82 Å². The molecule has 1 aliphatic rings. The minimum Gasteiger partial charge on any atom is -0.353 e. The molecule has 1 aromatic rings. The van der Waals surface area contributed by atoms with Gasteiger partial charge in [-0.25, -0.2) is 0 Å². The van der Waals surface area contributed by atoms with Crippen molar-refractivity contribution in [2.75, 3.05) is 31.6 Å². The fourth-order valence-electron chi connectivity index (χ4n) is 2.89. The zero-order valence-electron chi connectivity index (χ0n) is 11.8. The highest BCUT2D eigenvalue weighted by Crippen LogP contribution is 2.27. The molecular formula is C13H23ClN4. The second-order valence-electron chi connectivity index (χ2n) is 5.30. The molecule has 0 amide bonds. The normalized spacial score (nSPS) is 22.3. The maximum Gasteiger partial charge on any atom is 0.131 e. The van der Waals surface area contributed by atoms with E-state index in [1.807, 2.05) is 18.7 Å². The Balaban J connectivity index is 2.34. The molecular weight excluding hydrogens is 248 g/mol. The van der Waals surface area contributed by atoms with Crippen molar-refractivity contribution in [2.45, 2.75) is 32.2 Å². The predicted molar refractivity (Wildman–Crippen MR) is 76.4 cm³/mol. The third-order valence-corrected chi connectivity index (χ3v) is 4.03. The van der Waals surface area contributed by atoms with Gasteiger partial charge in [-0.2, -0.15) is 5.10 Å². The van der Waals surface area contributed by atoms with Gasteiger partial charge in [0.25, 0.3) is 0 Å². The van der Waals surface area contributed by atoms with Crippen LogP contribution in [0.15, 0.2) is 0 Å². The van der Waals surface area contributed by atoms with Crippen LogP contribution in [-0.2, 0) is 12.9 Å². The van der Waals surface area contributed by atoms with E-state index in [4.69, 9.17) is 11.6 Å². The molecule has 1 atom stereocenters. The van der Waals surface area contributed by atoms with E-state index >= 15 is 0 Å². The number of aromatic nitrogens is 2. The van der Waals surface area contributed by atoms with Gasteiger partial charge in [-0.1, -0.05) is 0 Å². The lowest BCUT2D eigenvalue weighted by Crippen LogP contribution is -2.39. The predicted octanol–water partition coefficient (Wildman–Crippen LogP) is 2.00. The van der Waals surface area contributed by atoms with Crippen molar-refractivity contribution in [1.29, 1.82) is 0 Å². The van der Waals surface area contributed by atoms with Crippen molar-refractivity contribution in [3.05, 3.63) is 11.3 Å². The number of anilines is 1. The van der Waals surface area contributed by atoms with E-state index in [1.165, 1.54) is 17.8 Å². The average Bonchev–Trinajstić information content (AvgIpc) is 2.47. The van der Waals surface area contributed by atoms with Crippen LogP contribution in [-0.4, -0.2) is 47.4 Å². The summed E-state index contributed by atoms with van der Waals surface area (Å²) in [7, 11) is 4.21. The highest BCUT2D eigenvalue weighted by Gasteiger charge is 2.25. The third-order valence-electron chi connectivity index (χ3n) is 3.77. The molecule has 2 rings (SSSR count). The molecule has 18 heavy (non-hydrogen) atoms. The minimum atomic E-state index is 0.495. The van der Waals surface area contributed by atoms with Gasteiger partial charge >= 0.3 is 0 Å². The van der Waals surface area contributed by atoms with Crippen molar-refractivity contribution in [2.24, 2.45) is 7.05 Å². The third kappa shape index (κ3) is 2.50. The first-order valence-electron chi connectivity index (χ1n) is 6.58. The summed E-state index contributed by atoms with van der Waals surface area (Å²) in [6.07, 6.45) is 1.19. The van der Waals surface area contributed by atoms with Gasteiger partial charge < -0.3 is 9.80 Å². The molecule has 1 aliphatic heterocycles. The first-order valence-corrected chi connectivity index (χ1v) is 7.11. The van der Waals surface area contributed by atoms with Crippen molar-refractivity contribution < 1.29 is 0 Å². The Morgan fingerprint density at radius 3 is 2.72 bits per heavy atom. The van der Waals surface area contributed by atoms with Gasteiger partial charge in [0.1, 0.15) is 5.82 Å². The molecule has 0 spiro atoms. The first kappa shape index (κ1) is 13.7. The van der Waals surface area contributed by atoms with Crippen molar-refractivity contribution >= 4 is 17.4 Å². The molecule has 0 aromatic carbocycles. The summed E-state index contributed by atoms with van der Waals surface area (Å²) in [5.74, 6) is 1.74. The summed E-state index contributed by atoms with van der Waals surface area (Å²) in [4.78, 5) is 4.86. The van der Waals surface area contributed by atoms with Crippen LogP contribution in [0.3, 0.4) is 0 Å². The van der Waals surface area contributed by atoms with Gasteiger partial charge in [0, 0.05) is 31.7 Å². The average molecular weight is 271 g/mol. The Bertz CT molecular complexity index is 415. The first-order chi connectivity index (χ1) is 8.54. The molecule has 0 N–H and O–H groups in total. The molecule has 0 radical (unpaired) electrons. The second kappa shape index (κ2) is 5.49. The van der Waals surface area contributed by atoms with E-state index in [-0.39, 0.29) is 0 Å². The summed E-state index contributed by atoms with van der Waals surface area (Å²) in [5, 5.41) is 4.52. The topological polar surface area (TPSA) is 24.3 Å². The van der Waals surface area contributed by atoms with E-state index in [1.54, 1.807) is 0 Å². The fourth-order valence-corrected chi connectivity index (χ4v) is 3.21. The molecule has 0 bridgehead atoms.